The maximum atomic E-state index is 13.7. The fourth-order valence-electron chi connectivity index (χ4n) is 2.92. The van der Waals surface area contributed by atoms with Crippen LogP contribution in [-0.4, -0.2) is 29.2 Å². The summed E-state index contributed by atoms with van der Waals surface area (Å²) >= 11 is 0. The first-order valence-electron chi connectivity index (χ1n) is 7.90. The first-order chi connectivity index (χ1) is 10.2. The molecule has 0 spiro atoms. The second-order valence-corrected chi connectivity index (χ2v) is 7.42. The van der Waals surface area contributed by atoms with Crippen LogP contribution >= 0.6 is 0 Å². The summed E-state index contributed by atoms with van der Waals surface area (Å²) in [5.74, 6) is 0.250. The fraction of sp³-hybridized carbons (Fsp3) is 0.611. The number of amides is 1. The number of hydrogen-bond donors (Lipinski definition) is 0. The number of likely N-dealkylation sites (tertiary alicyclic amines) is 1. The van der Waals surface area contributed by atoms with Gasteiger partial charge in [0.1, 0.15) is 11.4 Å². The molecule has 0 aromatic heterocycles. The van der Waals surface area contributed by atoms with Gasteiger partial charge < -0.3 is 9.64 Å². The SMILES string of the molecule is Cc1ccc(C[C@@H]2C[C@H](C)CN2C(=O)OC(C)(C)C)cc1F. The molecule has 0 saturated carbocycles. The van der Waals surface area contributed by atoms with E-state index < -0.39 is 5.60 Å². The molecule has 4 heteroatoms. The Labute approximate surface area is 132 Å². The van der Waals surface area contributed by atoms with Crippen molar-refractivity contribution in [2.45, 2.75) is 59.1 Å². The smallest absolute Gasteiger partial charge is 0.410 e. The van der Waals surface area contributed by atoms with E-state index in [9.17, 15) is 9.18 Å². The van der Waals surface area contributed by atoms with Gasteiger partial charge in [-0.05, 0) is 63.6 Å². The molecule has 0 radical (unpaired) electrons. The van der Waals surface area contributed by atoms with Crippen molar-refractivity contribution in [3.63, 3.8) is 0 Å². The number of ether oxygens (including phenoxy) is 1. The average Bonchev–Trinajstić information content (AvgIpc) is 2.73. The third-order valence-corrected chi connectivity index (χ3v) is 3.96. The van der Waals surface area contributed by atoms with Gasteiger partial charge in [-0.15, -0.1) is 0 Å². The molecule has 22 heavy (non-hydrogen) atoms. The lowest BCUT2D eigenvalue weighted by molar-refractivity contribution is 0.0222. The van der Waals surface area contributed by atoms with Crippen LogP contribution in [0.15, 0.2) is 18.2 Å². The highest BCUT2D eigenvalue weighted by molar-refractivity contribution is 5.69. The molecule has 2 atom stereocenters. The van der Waals surface area contributed by atoms with Crippen molar-refractivity contribution in [3.05, 3.63) is 35.1 Å². The van der Waals surface area contributed by atoms with Crippen LogP contribution in [0.3, 0.4) is 0 Å². The maximum absolute atomic E-state index is 13.7. The largest absolute Gasteiger partial charge is 0.444 e. The summed E-state index contributed by atoms with van der Waals surface area (Å²) in [5.41, 5.74) is 1.08. The summed E-state index contributed by atoms with van der Waals surface area (Å²) in [5, 5.41) is 0. The van der Waals surface area contributed by atoms with Gasteiger partial charge in [0.25, 0.3) is 0 Å². The van der Waals surface area contributed by atoms with E-state index in [1.807, 2.05) is 26.8 Å². The van der Waals surface area contributed by atoms with Gasteiger partial charge in [-0.1, -0.05) is 19.1 Å². The van der Waals surface area contributed by atoms with Gasteiger partial charge in [0.2, 0.25) is 0 Å². The highest BCUT2D eigenvalue weighted by atomic mass is 19.1. The van der Waals surface area contributed by atoms with Crippen molar-refractivity contribution in [1.82, 2.24) is 4.90 Å². The van der Waals surface area contributed by atoms with Crippen LogP contribution in [0.4, 0.5) is 9.18 Å². The van der Waals surface area contributed by atoms with Crippen LogP contribution < -0.4 is 0 Å². The topological polar surface area (TPSA) is 29.5 Å². The fourth-order valence-corrected chi connectivity index (χ4v) is 2.92. The molecule has 1 aromatic rings. The number of carbonyl (C=O) groups excluding carboxylic acids is 1. The third-order valence-electron chi connectivity index (χ3n) is 3.96. The number of rotatable bonds is 2. The van der Waals surface area contributed by atoms with Crippen LogP contribution in [0.25, 0.3) is 0 Å². The van der Waals surface area contributed by atoms with Crippen LogP contribution in [0.5, 0.6) is 0 Å². The lowest BCUT2D eigenvalue weighted by Gasteiger charge is -2.28. The Bertz CT molecular complexity index is 551. The van der Waals surface area contributed by atoms with Gasteiger partial charge in [-0.2, -0.15) is 0 Å². The van der Waals surface area contributed by atoms with E-state index in [1.54, 1.807) is 24.0 Å². The van der Waals surface area contributed by atoms with Gasteiger partial charge in [0, 0.05) is 12.6 Å². The Balaban J connectivity index is 2.10. The Kier molecular flexibility index (Phi) is 4.78. The molecule has 0 aliphatic carbocycles. The first-order valence-corrected chi connectivity index (χ1v) is 7.90. The number of halogens is 1. The molecule has 122 valence electrons. The van der Waals surface area contributed by atoms with Crippen LogP contribution in [-0.2, 0) is 11.2 Å². The predicted molar refractivity (Wildman–Crippen MR) is 85.4 cm³/mol. The van der Waals surface area contributed by atoms with Gasteiger partial charge >= 0.3 is 6.09 Å². The minimum Gasteiger partial charge on any atom is -0.444 e. The van der Waals surface area contributed by atoms with Crippen molar-refractivity contribution in [1.29, 1.82) is 0 Å². The molecule has 1 aliphatic rings. The molecule has 1 aromatic carbocycles. The zero-order chi connectivity index (χ0) is 16.5. The normalized spacial score (nSPS) is 22.0. The van der Waals surface area contributed by atoms with Crippen molar-refractivity contribution >= 4 is 6.09 Å². The van der Waals surface area contributed by atoms with Gasteiger partial charge in [0.05, 0.1) is 0 Å². The van der Waals surface area contributed by atoms with Crippen molar-refractivity contribution in [3.8, 4) is 0 Å². The highest BCUT2D eigenvalue weighted by Gasteiger charge is 2.35. The van der Waals surface area contributed by atoms with Gasteiger partial charge in [0.15, 0.2) is 0 Å². The molecule has 1 heterocycles. The molecule has 1 saturated heterocycles. The summed E-state index contributed by atoms with van der Waals surface area (Å²) in [7, 11) is 0. The molecule has 0 bridgehead atoms. The van der Waals surface area contributed by atoms with E-state index in [2.05, 4.69) is 6.92 Å². The van der Waals surface area contributed by atoms with Crippen molar-refractivity contribution < 1.29 is 13.9 Å². The Hall–Kier alpha value is -1.58. The maximum Gasteiger partial charge on any atom is 0.410 e. The van der Waals surface area contributed by atoms with Crippen molar-refractivity contribution in [2.24, 2.45) is 5.92 Å². The van der Waals surface area contributed by atoms with E-state index in [1.165, 1.54) is 0 Å². The number of benzene rings is 1. The van der Waals surface area contributed by atoms with Crippen LogP contribution in [0, 0.1) is 18.7 Å². The Morgan fingerprint density at radius 3 is 2.68 bits per heavy atom. The summed E-state index contributed by atoms with van der Waals surface area (Å²) in [6.45, 7) is 10.2. The van der Waals surface area contributed by atoms with E-state index in [0.717, 1.165) is 12.0 Å². The lowest BCUT2D eigenvalue weighted by Crippen LogP contribution is -2.40. The number of carbonyl (C=O) groups is 1. The zero-order valence-corrected chi connectivity index (χ0v) is 14.1. The molecule has 1 amide bonds. The standard InChI is InChI=1S/C18H26FNO2/c1-12-8-15(9-14-7-6-13(2)16(19)10-14)20(11-12)17(21)22-18(3,4)5/h6-7,10,12,15H,8-9,11H2,1-5H3/t12-,15-/m0/s1. The van der Waals surface area contributed by atoms with Gasteiger partial charge in [-0.3, -0.25) is 0 Å². The van der Waals surface area contributed by atoms with E-state index >= 15 is 0 Å². The second-order valence-electron chi connectivity index (χ2n) is 7.42. The number of nitrogens with zero attached hydrogens (tertiary/aromatic N) is 1. The molecule has 1 fully saturated rings. The summed E-state index contributed by atoms with van der Waals surface area (Å²) in [6.07, 6.45) is 1.32. The average molecular weight is 307 g/mol. The van der Waals surface area contributed by atoms with E-state index in [4.69, 9.17) is 4.74 Å². The Morgan fingerprint density at radius 1 is 1.41 bits per heavy atom. The second kappa shape index (κ2) is 6.27. The van der Waals surface area contributed by atoms with E-state index in [0.29, 0.717) is 24.4 Å². The lowest BCUT2D eigenvalue weighted by atomic mass is 10.00. The van der Waals surface area contributed by atoms with Crippen molar-refractivity contribution in [2.75, 3.05) is 6.54 Å². The highest BCUT2D eigenvalue weighted by Crippen LogP contribution is 2.28. The number of hydrogen-bond acceptors (Lipinski definition) is 2. The van der Waals surface area contributed by atoms with Crippen LogP contribution in [0.2, 0.25) is 0 Å². The van der Waals surface area contributed by atoms with Crippen LogP contribution in [0.1, 0.15) is 45.2 Å². The molecule has 0 N–H and O–H groups in total. The first kappa shape index (κ1) is 16.8. The number of aryl methyl sites for hydroxylation is 1. The quantitative estimate of drug-likeness (QED) is 0.814. The molecular formula is C18H26FNO2. The molecule has 2 rings (SSSR count). The minimum atomic E-state index is -0.497. The molecule has 0 unspecified atom stereocenters. The summed E-state index contributed by atoms with van der Waals surface area (Å²) in [4.78, 5) is 14.2. The molecular weight excluding hydrogens is 281 g/mol. The summed E-state index contributed by atoms with van der Waals surface area (Å²) in [6, 6.07) is 5.38. The zero-order valence-electron chi connectivity index (χ0n) is 14.1. The van der Waals surface area contributed by atoms with E-state index in [-0.39, 0.29) is 18.0 Å². The molecule has 1 aliphatic heterocycles. The minimum absolute atomic E-state index is 0.0759. The Morgan fingerprint density at radius 2 is 2.09 bits per heavy atom. The summed E-state index contributed by atoms with van der Waals surface area (Å²) < 4.78 is 19.2. The van der Waals surface area contributed by atoms with Gasteiger partial charge in [-0.25, -0.2) is 9.18 Å². The molecule has 3 nitrogen and oxygen atoms in total. The third kappa shape index (κ3) is 4.21. The predicted octanol–water partition coefficient (Wildman–Crippen LogP) is 4.32. The monoisotopic (exact) mass is 307 g/mol.